The highest BCUT2D eigenvalue weighted by Crippen LogP contribution is 2.25. The van der Waals surface area contributed by atoms with Crippen molar-refractivity contribution in [2.75, 3.05) is 13.1 Å². The van der Waals surface area contributed by atoms with Crippen LogP contribution in [0.1, 0.15) is 11.3 Å². The first kappa shape index (κ1) is 17.9. The minimum atomic E-state index is -0.402. The van der Waals surface area contributed by atoms with Crippen LogP contribution in [0.4, 0.5) is 4.39 Å². The predicted molar refractivity (Wildman–Crippen MR) is 82.1 cm³/mol. The molecule has 2 aromatic rings. The highest BCUT2D eigenvalue weighted by molar-refractivity contribution is 5.86. The first-order chi connectivity index (χ1) is 10.0. The molecule has 0 aliphatic carbocycles. The molecule has 4 N–H and O–H groups in total. The van der Waals surface area contributed by atoms with Crippen molar-refractivity contribution in [1.82, 2.24) is 10.6 Å². The number of carbonyl (C=O) groups excluding carboxylic acids is 2. The molecule has 0 aliphatic rings. The maximum Gasteiger partial charge on any atom is 0.239 e. The van der Waals surface area contributed by atoms with Gasteiger partial charge in [-0.1, -0.05) is 0 Å². The first-order valence-electron chi connectivity index (χ1n) is 6.42. The van der Waals surface area contributed by atoms with E-state index in [9.17, 15) is 14.0 Å². The van der Waals surface area contributed by atoms with E-state index >= 15 is 0 Å². The summed E-state index contributed by atoms with van der Waals surface area (Å²) < 4.78 is 18.8. The second-order valence-corrected chi connectivity index (χ2v) is 4.55. The van der Waals surface area contributed by atoms with E-state index in [1.807, 2.05) is 0 Å². The van der Waals surface area contributed by atoms with Gasteiger partial charge < -0.3 is 20.8 Å². The third-order valence-electron chi connectivity index (χ3n) is 3.07. The molecule has 0 atom stereocenters. The molecule has 1 heterocycles. The fourth-order valence-electron chi connectivity index (χ4n) is 1.90. The molecule has 0 unspecified atom stereocenters. The van der Waals surface area contributed by atoms with E-state index in [0.29, 0.717) is 16.7 Å². The maximum atomic E-state index is 13.2. The van der Waals surface area contributed by atoms with Crippen molar-refractivity contribution in [1.29, 1.82) is 0 Å². The summed E-state index contributed by atoms with van der Waals surface area (Å²) in [5.41, 5.74) is 6.45. The topological polar surface area (TPSA) is 97.4 Å². The zero-order chi connectivity index (χ0) is 15.4. The predicted octanol–water partition coefficient (Wildman–Crippen LogP) is 0.993. The van der Waals surface area contributed by atoms with Gasteiger partial charge >= 0.3 is 0 Å². The van der Waals surface area contributed by atoms with Crippen molar-refractivity contribution in [2.45, 2.75) is 13.5 Å². The van der Waals surface area contributed by atoms with Crippen LogP contribution in [-0.2, 0) is 16.1 Å². The number of amides is 2. The number of nitrogens with two attached hydrogens (primary N) is 1. The van der Waals surface area contributed by atoms with E-state index in [0.717, 1.165) is 5.56 Å². The highest BCUT2D eigenvalue weighted by atomic mass is 35.5. The van der Waals surface area contributed by atoms with E-state index in [1.165, 1.54) is 12.1 Å². The summed E-state index contributed by atoms with van der Waals surface area (Å²) in [4.78, 5) is 22.5. The van der Waals surface area contributed by atoms with Gasteiger partial charge in [-0.3, -0.25) is 9.59 Å². The molecule has 0 bridgehead atoms. The minimum absolute atomic E-state index is 0. The quantitative estimate of drug-likeness (QED) is 0.762. The Morgan fingerprint density at radius 1 is 1.27 bits per heavy atom. The van der Waals surface area contributed by atoms with Gasteiger partial charge in [0, 0.05) is 10.9 Å². The molecule has 0 fully saturated rings. The highest BCUT2D eigenvalue weighted by Gasteiger charge is 2.12. The number of carbonyl (C=O) groups is 2. The van der Waals surface area contributed by atoms with Crippen LogP contribution in [0.2, 0.25) is 0 Å². The van der Waals surface area contributed by atoms with Gasteiger partial charge in [0.25, 0.3) is 0 Å². The van der Waals surface area contributed by atoms with Crippen molar-refractivity contribution in [2.24, 2.45) is 5.73 Å². The number of hydrogen-bond acceptors (Lipinski definition) is 4. The Morgan fingerprint density at radius 2 is 2.00 bits per heavy atom. The second-order valence-electron chi connectivity index (χ2n) is 4.55. The summed E-state index contributed by atoms with van der Waals surface area (Å²) >= 11 is 0. The molecule has 0 radical (unpaired) electrons. The Kier molecular flexibility index (Phi) is 6.33. The lowest BCUT2D eigenvalue weighted by atomic mass is 10.1. The van der Waals surface area contributed by atoms with Gasteiger partial charge in [0.05, 0.1) is 19.6 Å². The molecular formula is C14H17ClFN3O3. The summed E-state index contributed by atoms with van der Waals surface area (Å²) in [6.07, 6.45) is 0. The number of nitrogens with one attached hydrogen (secondary N) is 2. The Balaban J connectivity index is 0.00000242. The van der Waals surface area contributed by atoms with Crippen LogP contribution in [0.3, 0.4) is 0 Å². The number of halogens is 2. The summed E-state index contributed by atoms with van der Waals surface area (Å²) in [5.74, 6) is -0.552. The standard InChI is InChI=1S/C14H16FN3O3.ClH/c1-8-10-4-9(15)2-3-11(10)21-12(8)6-17-14(20)7-18-13(19)5-16;/h2-4H,5-7,16H2,1H3,(H,17,20)(H,18,19);1H. The summed E-state index contributed by atoms with van der Waals surface area (Å²) in [6.45, 7) is 1.65. The van der Waals surface area contributed by atoms with Gasteiger partial charge in [-0.15, -0.1) is 12.4 Å². The van der Waals surface area contributed by atoms with Crippen LogP contribution in [0.5, 0.6) is 0 Å². The monoisotopic (exact) mass is 329 g/mol. The molecule has 2 rings (SSSR count). The molecule has 22 heavy (non-hydrogen) atoms. The van der Waals surface area contributed by atoms with E-state index in [4.69, 9.17) is 10.2 Å². The molecule has 1 aromatic heterocycles. The molecule has 0 saturated carbocycles. The molecule has 0 spiro atoms. The lowest BCUT2D eigenvalue weighted by Crippen LogP contribution is -2.39. The Morgan fingerprint density at radius 3 is 2.68 bits per heavy atom. The molecule has 6 nitrogen and oxygen atoms in total. The van der Waals surface area contributed by atoms with Gasteiger partial charge in [0.2, 0.25) is 11.8 Å². The fourth-order valence-corrected chi connectivity index (χ4v) is 1.90. The van der Waals surface area contributed by atoms with Crippen LogP contribution in [0.15, 0.2) is 22.6 Å². The molecular weight excluding hydrogens is 313 g/mol. The third-order valence-corrected chi connectivity index (χ3v) is 3.07. The average molecular weight is 330 g/mol. The number of hydrogen-bond donors (Lipinski definition) is 3. The molecule has 0 saturated heterocycles. The number of benzene rings is 1. The van der Waals surface area contributed by atoms with Gasteiger partial charge in [0.15, 0.2) is 0 Å². The van der Waals surface area contributed by atoms with Crippen molar-refractivity contribution < 1.29 is 18.4 Å². The van der Waals surface area contributed by atoms with Gasteiger partial charge in [-0.2, -0.15) is 0 Å². The van der Waals surface area contributed by atoms with Crippen molar-refractivity contribution >= 4 is 35.2 Å². The van der Waals surface area contributed by atoms with Crippen molar-refractivity contribution in [3.8, 4) is 0 Å². The van der Waals surface area contributed by atoms with Crippen molar-refractivity contribution in [3.05, 3.63) is 35.3 Å². The van der Waals surface area contributed by atoms with E-state index < -0.39 is 5.91 Å². The average Bonchev–Trinajstić information content (AvgIpc) is 2.79. The zero-order valence-corrected chi connectivity index (χ0v) is 12.8. The Hall–Kier alpha value is -2.12. The summed E-state index contributed by atoms with van der Waals surface area (Å²) in [5, 5.41) is 5.65. The van der Waals surface area contributed by atoms with Crippen molar-refractivity contribution in [3.63, 3.8) is 0 Å². The maximum absolute atomic E-state index is 13.2. The van der Waals surface area contributed by atoms with E-state index in [2.05, 4.69) is 10.6 Å². The Labute approximate surface area is 132 Å². The number of furan rings is 1. The number of fused-ring (bicyclic) bond motifs is 1. The lowest BCUT2D eigenvalue weighted by Gasteiger charge is -2.05. The van der Waals surface area contributed by atoms with Crippen LogP contribution in [-0.4, -0.2) is 24.9 Å². The fraction of sp³-hybridized carbons (Fsp3) is 0.286. The van der Waals surface area contributed by atoms with Crippen LogP contribution >= 0.6 is 12.4 Å². The normalized spacial score (nSPS) is 10.1. The molecule has 8 heteroatoms. The van der Waals surface area contributed by atoms with Gasteiger partial charge in [-0.25, -0.2) is 4.39 Å². The largest absolute Gasteiger partial charge is 0.459 e. The lowest BCUT2D eigenvalue weighted by molar-refractivity contribution is -0.125. The molecule has 120 valence electrons. The molecule has 0 aliphatic heterocycles. The number of rotatable bonds is 5. The second kappa shape index (κ2) is 7.77. The van der Waals surface area contributed by atoms with E-state index in [1.54, 1.807) is 13.0 Å². The molecule has 1 aromatic carbocycles. The van der Waals surface area contributed by atoms with Crippen LogP contribution < -0.4 is 16.4 Å². The van der Waals surface area contributed by atoms with Crippen LogP contribution in [0.25, 0.3) is 11.0 Å². The summed E-state index contributed by atoms with van der Waals surface area (Å²) in [6, 6.07) is 4.25. The third kappa shape index (κ3) is 4.19. The minimum Gasteiger partial charge on any atom is -0.459 e. The van der Waals surface area contributed by atoms with Gasteiger partial charge in [-0.05, 0) is 25.1 Å². The smallest absolute Gasteiger partial charge is 0.239 e. The van der Waals surface area contributed by atoms with Gasteiger partial charge in [0.1, 0.15) is 17.2 Å². The summed E-state index contributed by atoms with van der Waals surface area (Å²) in [7, 11) is 0. The SMILES string of the molecule is Cc1c(CNC(=O)CNC(=O)CN)oc2ccc(F)cc12.Cl. The zero-order valence-electron chi connectivity index (χ0n) is 11.9. The number of aryl methyl sites for hydroxylation is 1. The van der Waals surface area contributed by atoms with E-state index in [-0.39, 0.29) is 43.8 Å². The van der Waals surface area contributed by atoms with Crippen LogP contribution in [0, 0.1) is 12.7 Å². The molecule has 2 amide bonds. The Bertz CT molecular complexity index is 687. The first-order valence-corrected chi connectivity index (χ1v) is 6.42.